The van der Waals surface area contributed by atoms with Crippen molar-refractivity contribution in [3.05, 3.63) is 18.0 Å². The summed E-state index contributed by atoms with van der Waals surface area (Å²) < 4.78 is 1.73. The molecule has 2 fully saturated rings. The van der Waals surface area contributed by atoms with E-state index in [1.165, 1.54) is 0 Å². The largest absolute Gasteiger partial charge is 0.389 e. The summed E-state index contributed by atoms with van der Waals surface area (Å²) in [6.07, 6.45) is 8.56. The van der Waals surface area contributed by atoms with E-state index in [9.17, 15) is 9.90 Å². The Balaban J connectivity index is 1.54. The van der Waals surface area contributed by atoms with Gasteiger partial charge in [-0.25, -0.2) is 4.79 Å². The summed E-state index contributed by atoms with van der Waals surface area (Å²) in [6.45, 7) is 1.82. The van der Waals surface area contributed by atoms with Crippen LogP contribution < -0.4 is 5.32 Å². The third-order valence-electron chi connectivity index (χ3n) is 4.92. The van der Waals surface area contributed by atoms with E-state index in [0.717, 1.165) is 31.2 Å². The van der Waals surface area contributed by atoms with Crippen LogP contribution in [-0.4, -0.2) is 44.5 Å². The Hall–Kier alpha value is -1.56. The van der Waals surface area contributed by atoms with Crippen molar-refractivity contribution in [2.24, 2.45) is 13.0 Å². The molecule has 2 atom stereocenters. The van der Waals surface area contributed by atoms with Crippen molar-refractivity contribution in [1.82, 2.24) is 20.0 Å². The molecule has 1 aromatic rings. The topological polar surface area (TPSA) is 70.4 Å². The summed E-state index contributed by atoms with van der Waals surface area (Å²) in [6, 6.07) is -0.0357. The molecule has 2 amide bonds. The van der Waals surface area contributed by atoms with Crippen LogP contribution in [0.3, 0.4) is 0 Å². The average Bonchev–Trinajstić information content (AvgIpc) is 2.89. The Morgan fingerprint density at radius 2 is 2.38 bits per heavy atom. The van der Waals surface area contributed by atoms with Crippen molar-refractivity contribution in [2.75, 3.05) is 13.1 Å². The van der Waals surface area contributed by atoms with Gasteiger partial charge in [0.1, 0.15) is 0 Å². The van der Waals surface area contributed by atoms with E-state index in [1.54, 1.807) is 10.9 Å². The van der Waals surface area contributed by atoms with Crippen molar-refractivity contribution < 1.29 is 9.90 Å². The molecule has 0 aromatic carbocycles. The highest BCUT2D eigenvalue weighted by atomic mass is 16.3. The van der Waals surface area contributed by atoms with Crippen molar-refractivity contribution in [1.29, 1.82) is 0 Å². The number of likely N-dealkylation sites (tertiary alicyclic amines) is 1. The number of carbonyl (C=O) groups excluding carboxylic acids is 1. The molecule has 2 aliphatic rings. The van der Waals surface area contributed by atoms with Crippen LogP contribution in [0, 0.1) is 5.92 Å². The molecule has 2 heterocycles. The molecule has 0 radical (unpaired) electrons. The second-order valence-corrected chi connectivity index (χ2v) is 6.42. The van der Waals surface area contributed by atoms with E-state index in [4.69, 9.17) is 0 Å². The van der Waals surface area contributed by atoms with Gasteiger partial charge in [-0.05, 0) is 19.3 Å². The highest BCUT2D eigenvalue weighted by Crippen LogP contribution is 2.39. The molecule has 6 nitrogen and oxygen atoms in total. The van der Waals surface area contributed by atoms with E-state index < -0.39 is 5.60 Å². The van der Waals surface area contributed by atoms with Crippen LogP contribution in [0.1, 0.15) is 37.7 Å². The van der Waals surface area contributed by atoms with Crippen LogP contribution in [0.4, 0.5) is 4.79 Å². The van der Waals surface area contributed by atoms with Gasteiger partial charge in [-0.1, -0.05) is 12.8 Å². The molecule has 3 rings (SSSR count). The van der Waals surface area contributed by atoms with Crippen LogP contribution in [0.2, 0.25) is 0 Å². The van der Waals surface area contributed by atoms with Crippen molar-refractivity contribution >= 4 is 6.03 Å². The van der Waals surface area contributed by atoms with Crippen LogP contribution >= 0.6 is 0 Å². The monoisotopic (exact) mass is 292 g/mol. The van der Waals surface area contributed by atoms with Gasteiger partial charge >= 0.3 is 6.03 Å². The maximum Gasteiger partial charge on any atom is 0.317 e. The molecular formula is C15H24N4O2. The van der Waals surface area contributed by atoms with Crippen LogP contribution in [-0.2, 0) is 13.6 Å². The number of urea groups is 1. The van der Waals surface area contributed by atoms with Gasteiger partial charge in [-0.3, -0.25) is 4.68 Å². The lowest BCUT2D eigenvalue weighted by atomic mass is 9.71. The number of aliphatic hydroxyl groups is 1. The number of aromatic nitrogens is 2. The van der Waals surface area contributed by atoms with Gasteiger partial charge in [0.15, 0.2) is 0 Å². The van der Waals surface area contributed by atoms with Gasteiger partial charge in [0.25, 0.3) is 0 Å². The van der Waals surface area contributed by atoms with Gasteiger partial charge in [0.05, 0.1) is 11.8 Å². The first-order valence-corrected chi connectivity index (χ1v) is 7.79. The maximum atomic E-state index is 12.3. The molecule has 1 aromatic heterocycles. The molecule has 1 saturated heterocycles. The Morgan fingerprint density at radius 1 is 1.52 bits per heavy atom. The van der Waals surface area contributed by atoms with Crippen molar-refractivity contribution in [3.8, 4) is 0 Å². The van der Waals surface area contributed by atoms with E-state index in [1.807, 2.05) is 18.1 Å². The average molecular weight is 292 g/mol. The van der Waals surface area contributed by atoms with E-state index in [2.05, 4.69) is 10.4 Å². The lowest BCUT2D eigenvalue weighted by molar-refractivity contribution is -0.0870. The maximum absolute atomic E-state index is 12.3. The number of carbonyl (C=O) groups is 1. The molecular weight excluding hydrogens is 268 g/mol. The van der Waals surface area contributed by atoms with Crippen LogP contribution in [0.5, 0.6) is 0 Å². The number of aryl methyl sites for hydroxylation is 1. The first-order chi connectivity index (χ1) is 10.1. The normalized spacial score (nSPS) is 29.0. The fourth-order valence-electron chi connectivity index (χ4n) is 3.61. The number of nitrogens with zero attached hydrogens (tertiary/aromatic N) is 3. The number of amides is 2. The standard InChI is InChI=1S/C15H24N4O2/c1-18-10-12(9-17-18)8-16-14(20)19-7-6-15(21)5-3-2-4-13(15)11-19/h9-10,13,21H,2-8,11H2,1H3,(H,16,20)/t13-,15-/m0/s1. The first kappa shape index (κ1) is 14.4. The molecule has 1 aliphatic carbocycles. The molecule has 21 heavy (non-hydrogen) atoms. The van der Waals surface area contributed by atoms with Crippen LogP contribution in [0.25, 0.3) is 0 Å². The molecule has 0 spiro atoms. The SMILES string of the molecule is Cn1cc(CNC(=O)N2CC[C@@]3(O)CCCC[C@H]3C2)cn1. The molecule has 1 aliphatic heterocycles. The van der Waals surface area contributed by atoms with Gasteiger partial charge in [-0.2, -0.15) is 5.10 Å². The van der Waals surface area contributed by atoms with Crippen molar-refractivity contribution in [2.45, 2.75) is 44.2 Å². The predicted molar refractivity (Wildman–Crippen MR) is 78.5 cm³/mol. The highest BCUT2D eigenvalue weighted by Gasteiger charge is 2.43. The minimum Gasteiger partial charge on any atom is -0.389 e. The molecule has 6 heteroatoms. The number of nitrogens with one attached hydrogen (secondary N) is 1. The van der Waals surface area contributed by atoms with Crippen LogP contribution in [0.15, 0.2) is 12.4 Å². The number of fused-ring (bicyclic) bond motifs is 1. The first-order valence-electron chi connectivity index (χ1n) is 7.79. The number of piperidine rings is 1. The second-order valence-electron chi connectivity index (χ2n) is 6.42. The van der Waals surface area contributed by atoms with E-state index in [0.29, 0.717) is 26.1 Å². The summed E-state index contributed by atoms with van der Waals surface area (Å²) in [5.74, 6) is 0.240. The summed E-state index contributed by atoms with van der Waals surface area (Å²) in [5.41, 5.74) is 0.468. The fraction of sp³-hybridized carbons (Fsp3) is 0.733. The Labute approximate surface area is 125 Å². The molecule has 1 saturated carbocycles. The molecule has 0 unspecified atom stereocenters. The minimum atomic E-state index is -0.529. The predicted octanol–water partition coefficient (Wildman–Crippen LogP) is 1.26. The lowest BCUT2D eigenvalue weighted by Crippen LogP contribution is -2.56. The summed E-state index contributed by atoms with van der Waals surface area (Å²) in [7, 11) is 1.86. The second kappa shape index (κ2) is 5.67. The van der Waals surface area contributed by atoms with Gasteiger partial charge in [0, 0.05) is 44.4 Å². The van der Waals surface area contributed by atoms with Gasteiger partial charge in [-0.15, -0.1) is 0 Å². The molecule has 116 valence electrons. The zero-order valence-corrected chi connectivity index (χ0v) is 12.6. The highest BCUT2D eigenvalue weighted by molar-refractivity contribution is 5.74. The number of hydrogen-bond donors (Lipinski definition) is 2. The third-order valence-corrected chi connectivity index (χ3v) is 4.92. The summed E-state index contributed by atoms with van der Waals surface area (Å²) >= 11 is 0. The molecule has 2 N–H and O–H groups in total. The lowest BCUT2D eigenvalue weighted by Gasteiger charge is -2.47. The smallest absolute Gasteiger partial charge is 0.317 e. The van der Waals surface area contributed by atoms with E-state index in [-0.39, 0.29) is 11.9 Å². The Bertz CT molecular complexity index is 516. The van der Waals surface area contributed by atoms with Gasteiger partial charge < -0.3 is 15.3 Å². The Morgan fingerprint density at radius 3 is 3.14 bits per heavy atom. The zero-order valence-electron chi connectivity index (χ0n) is 12.6. The minimum absolute atomic E-state index is 0.0357. The van der Waals surface area contributed by atoms with E-state index >= 15 is 0 Å². The van der Waals surface area contributed by atoms with Crippen molar-refractivity contribution in [3.63, 3.8) is 0 Å². The Kier molecular flexibility index (Phi) is 3.89. The summed E-state index contributed by atoms with van der Waals surface area (Å²) in [5, 5.41) is 17.7. The molecule has 0 bridgehead atoms. The quantitative estimate of drug-likeness (QED) is 0.862. The summed E-state index contributed by atoms with van der Waals surface area (Å²) in [4.78, 5) is 14.1. The van der Waals surface area contributed by atoms with Gasteiger partial charge in [0.2, 0.25) is 0 Å². The number of rotatable bonds is 2. The number of hydrogen-bond acceptors (Lipinski definition) is 3. The third kappa shape index (κ3) is 3.05. The fourth-order valence-corrected chi connectivity index (χ4v) is 3.61. The zero-order chi connectivity index (χ0) is 14.9.